The largest absolute Gasteiger partial charge is 0.347 e. The Morgan fingerprint density at radius 1 is 1.19 bits per heavy atom. The summed E-state index contributed by atoms with van der Waals surface area (Å²) in [6.07, 6.45) is 3.42. The molecular formula is C19H21N3O2S2. The third-order valence-corrected chi connectivity index (χ3v) is 7.12. The van der Waals surface area contributed by atoms with Crippen LogP contribution in [0.25, 0.3) is 0 Å². The molecule has 2 aliphatic heterocycles. The molecule has 2 fully saturated rings. The lowest BCUT2D eigenvalue weighted by Gasteiger charge is -2.20. The predicted molar refractivity (Wildman–Crippen MR) is 105 cm³/mol. The van der Waals surface area contributed by atoms with Crippen LogP contribution in [0.1, 0.15) is 35.9 Å². The maximum absolute atomic E-state index is 12.6. The van der Waals surface area contributed by atoms with Crippen LogP contribution in [-0.2, 0) is 4.79 Å². The molecule has 2 aliphatic rings. The molecule has 3 atom stereocenters. The number of para-hydroxylation sites is 1. The van der Waals surface area contributed by atoms with E-state index in [2.05, 4.69) is 16.0 Å². The fourth-order valence-corrected chi connectivity index (χ4v) is 5.75. The summed E-state index contributed by atoms with van der Waals surface area (Å²) in [6, 6.07) is 12.8. The fourth-order valence-electron chi connectivity index (χ4n) is 3.68. The Morgan fingerprint density at radius 3 is 2.77 bits per heavy atom. The van der Waals surface area contributed by atoms with E-state index in [0.717, 1.165) is 32.5 Å². The van der Waals surface area contributed by atoms with Crippen LogP contribution >= 0.6 is 23.1 Å². The van der Waals surface area contributed by atoms with Gasteiger partial charge in [0.05, 0.1) is 14.8 Å². The van der Waals surface area contributed by atoms with E-state index in [0.29, 0.717) is 12.1 Å². The van der Waals surface area contributed by atoms with Crippen molar-refractivity contribution in [3.8, 4) is 0 Å². The SMILES string of the molecule is CC(=O)Nc1ccccc1Sc1ccc(C(=O)NC2CC3CCC2N3)s1. The zero-order valence-corrected chi connectivity index (χ0v) is 16.1. The van der Waals surface area contributed by atoms with Gasteiger partial charge < -0.3 is 16.0 Å². The van der Waals surface area contributed by atoms with E-state index in [-0.39, 0.29) is 17.9 Å². The Balaban J connectivity index is 1.42. The third kappa shape index (κ3) is 3.79. The van der Waals surface area contributed by atoms with Crippen molar-refractivity contribution in [2.75, 3.05) is 5.32 Å². The summed E-state index contributed by atoms with van der Waals surface area (Å²) >= 11 is 3.05. The molecule has 3 unspecified atom stereocenters. The molecule has 2 aromatic rings. The molecule has 26 heavy (non-hydrogen) atoms. The molecule has 3 N–H and O–H groups in total. The molecule has 2 bridgehead atoms. The van der Waals surface area contributed by atoms with Crippen LogP contribution in [0.3, 0.4) is 0 Å². The van der Waals surface area contributed by atoms with E-state index in [9.17, 15) is 9.59 Å². The van der Waals surface area contributed by atoms with Crippen molar-refractivity contribution < 1.29 is 9.59 Å². The molecule has 5 nitrogen and oxygen atoms in total. The highest BCUT2D eigenvalue weighted by atomic mass is 32.2. The molecule has 0 saturated carbocycles. The standard InChI is InChI=1S/C19H21N3O2S2/c1-11(23)20-14-4-2-3-5-16(14)25-18-9-8-17(26-18)19(24)22-15-10-12-6-7-13(15)21-12/h2-5,8-9,12-13,15,21H,6-7,10H2,1H3,(H,20,23)(H,22,24). The lowest BCUT2D eigenvalue weighted by atomic mass is 9.95. The van der Waals surface area contributed by atoms with Crippen LogP contribution in [-0.4, -0.2) is 29.9 Å². The average Bonchev–Trinajstić information content (AvgIpc) is 3.33. The number of anilines is 1. The maximum Gasteiger partial charge on any atom is 0.261 e. The van der Waals surface area contributed by atoms with Crippen LogP contribution in [0.5, 0.6) is 0 Å². The van der Waals surface area contributed by atoms with E-state index >= 15 is 0 Å². The maximum atomic E-state index is 12.6. The van der Waals surface area contributed by atoms with Crippen LogP contribution in [0, 0.1) is 0 Å². The first-order chi connectivity index (χ1) is 12.6. The molecule has 3 heterocycles. The lowest BCUT2D eigenvalue weighted by Crippen LogP contribution is -2.42. The fraction of sp³-hybridized carbons (Fsp3) is 0.368. The average molecular weight is 388 g/mol. The molecule has 0 aliphatic carbocycles. The molecule has 136 valence electrons. The second-order valence-electron chi connectivity index (χ2n) is 6.76. The quantitative estimate of drug-likeness (QED) is 0.735. The van der Waals surface area contributed by atoms with Crippen LogP contribution in [0.15, 0.2) is 45.5 Å². The topological polar surface area (TPSA) is 70.2 Å². The zero-order valence-electron chi connectivity index (χ0n) is 14.5. The van der Waals surface area contributed by atoms with Gasteiger partial charge in [-0.15, -0.1) is 11.3 Å². The van der Waals surface area contributed by atoms with Crippen LogP contribution < -0.4 is 16.0 Å². The Labute approximate surface area is 160 Å². The van der Waals surface area contributed by atoms with Gasteiger partial charge in [-0.1, -0.05) is 23.9 Å². The number of nitrogens with one attached hydrogen (secondary N) is 3. The number of hydrogen-bond acceptors (Lipinski definition) is 5. The lowest BCUT2D eigenvalue weighted by molar-refractivity contribution is -0.114. The van der Waals surface area contributed by atoms with E-state index < -0.39 is 0 Å². The molecule has 0 spiro atoms. The van der Waals surface area contributed by atoms with Gasteiger partial charge in [0.1, 0.15) is 0 Å². The first-order valence-corrected chi connectivity index (χ1v) is 10.4. The molecule has 1 aromatic carbocycles. The second kappa shape index (κ2) is 7.42. The zero-order chi connectivity index (χ0) is 18.1. The Morgan fingerprint density at radius 2 is 2.04 bits per heavy atom. The van der Waals surface area contributed by atoms with E-state index in [4.69, 9.17) is 0 Å². The Hall–Kier alpha value is -1.83. The van der Waals surface area contributed by atoms with E-state index in [1.807, 2.05) is 36.4 Å². The summed E-state index contributed by atoms with van der Waals surface area (Å²) in [5, 5.41) is 9.57. The summed E-state index contributed by atoms with van der Waals surface area (Å²) in [7, 11) is 0. The van der Waals surface area contributed by atoms with Gasteiger partial charge in [-0.05, 0) is 43.5 Å². The minimum absolute atomic E-state index is 0.0105. The predicted octanol–water partition coefficient (Wildman–Crippen LogP) is 3.48. The molecular weight excluding hydrogens is 366 g/mol. The van der Waals surface area contributed by atoms with Gasteiger partial charge in [0.2, 0.25) is 5.91 Å². The number of rotatable bonds is 5. The van der Waals surface area contributed by atoms with Gasteiger partial charge in [-0.2, -0.15) is 0 Å². The molecule has 7 heteroatoms. The second-order valence-corrected chi connectivity index (χ2v) is 9.19. The van der Waals surface area contributed by atoms with Crippen molar-refractivity contribution in [3.63, 3.8) is 0 Å². The van der Waals surface area contributed by atoms with Gasteiger partial charge in [-0.3, -0.25) is 9.59 Å². The third-order valence-electron chi connectivity index (χ3n) is 4.83. The number of carbonyl (C=O) groups excluding carboxylic acids is 2. The highest BCUT2D eigenvalue weighted by Crippen LogP contribution is 2.37. The molecule has 1 aromatic heterocycles. The number of hydrogen-bond donors (Lipinski definition) is 3. The van der Waals surface area contributed by atoms with Gasteiger partial charge in [0.25, 0.3) is 5.91 Å². The smallest absolute Gasteiger partial charge is 0.261 e. The summed E-state index contributed by atoms with van der Waals surface area (Å²) in [4.78, 5) is 25.6. The number of fused-ring (bicyclic) bond motifs is 2. The number of carbonyl (C=O) groups is 2. The van der Waals surface area contributed by atoms with Crippen molar-refractivity contribution in [2.24, 2.45) is 0 Å². The van der Waals surface area contributed by atoms with Crippen LogP contribution in [0.2, 0.25) is 0 Å². The summed E-state index contributed by atoms with van der Waals surface area (Å²) in [5.41, 5.74) is 0.789. The van der Waals surface area contributed by atoms with Crippen molar-refractivity contribution in [3.05, 3.63) is 41.3 Å². The normalized spacial score (nSPS) is 23.8. The van der Waals surface area contributed by atoms with Crippen molar-refractivity contribution >= 4 is 40.6 Å². The van der Waals surface area contributed by atoms with Crippen molar-refractivity contribution in [2.45, 2.75) is 53.4 Å². The molecule has 2 saturated heterocycles. The van der Waals surface area contributed by atoms with Gasteiger partial charge >= 0.3 is 0 Å². The summed E-state index contributed by atoms with van der Waals surface area (Å²) in [5.74, 6) is -0.0832. The highest BCUT2D eigenvalue weighted by molar-refractivity contribution is 8.01. The Bertz CT molecular complexity index is 836. The van der Waals surface area contributed by atoms with Crippen molar-refractivity contribution in [1.29, 1.82) is 0 Å². The Kier molecular flexibility index (Phi) is 5.02. The number of benzene rings is 1. The monoisotopic (exact) mass is 387 g/mol. The first kappa shape index (κ1) is 17.6. The van der Waals surface area contributed by atoms with Crippen LogP contribution in [0.4, 0.5) is 5.69 Å². The highest BCUT2D eigenvalue weighted by Gasteiger charge is 2.39. The number of amides is 2. The minimum atomic E-state index is -0.0937. The molecule has 2 amide bonds. The molecule has 4 rings (SSSR count). The van der Waals surface area contributed by atoms with Gasteiger partial charge in [-0.25, -0.2) is 0 Å². The first-order valence-electron chi connectivity index (χ1n) is 8.80. The molecule has 0 radical (unpaired) electrons. The minimum Gasteiger partial charge on any atom is -0.347 e. The van der Waals surface area contributed by atoms with E-state index in [1.54, 1.807) is 11.8 Å². The van der Waals surface area contributed by atoms with Gasteiger partial charge in [0, 0.05) is 29.9 Å². The summed E-state index contributed by atoms with van der Waals surface area (Å²) < 4.78 is 1.03. The van der Waals surface area contributed by atoms with E-state index in [1.165, 1.54) is 24.7 Å². The summed E-state index contributed by atoms with van der Waals surface area (Å²) in [6.45, 7) is 1.50. The van der Waals surface area contributed by atoms with Gasteiger partial charge in [0.15, 0.2) is 0 Å². The van der Waals surface area contributed by atoms with Crippen molar-refractivity contribution in [1.82, 2.24) is 10.6 Å². The number of thiophene rings is 1.